The molecule has 0 atom stereocenters. The first kappa shape index (κ1) is 31.1. The van der Waals surface area contributed by atoms with Gasteiger partial charge in [-0.3, -0.25) is 14.6 Å². The molecule has 2 fully saturated rings. The number of carbonyl (C=O) groups is 2. The molecule has 2 aromatic heterocycles. The van der Waals surface area contributed by atoms with E-state index >= 15 is 0 Å². The lowest BCUT2D eigenvalue weighted by atomic mass is 9.81. The number of fused-ring (bicyclic) bond motifs is 5. The minimum absolute atomic E-state index is 0.00840. The SMILES string of the molecule is CN(C)S(=O)(=O)NC(=O)c1ccc2c(C3CCCCC3)c3n(c2c1)CC(C(=O)N1CCN(c2ccncc2)CC1)=Cc1ccccc1-3. The molecule has 1 N–H and O–H groups in total. The molecule has 7 rings (SSSR count). The quantitative estimate of drug-likeness (QED) is 0.313. The van der Waals surface area contributed by atoms with Crippen molar-refractivity contribution in [1.82, 2.24) is 23.5 Å². The van der Waals surface area contributed by atoms with Gasteiger partial charge in [-0.1, -0.05) is 49.6 Å². The van der Waals surface area contributed by atoms with E-state index in [2.05, 4.69) is 31.3 Å². The normalized spacial score (nSPS) is 17.2. The van der Waals surface area contributed by atoms with Gasteiger partial charge in [-0.15, -0.1) is 0 Å². The smallest absolute Gasteiger partial charge is 0.303 e. The summed E-state index contributed by atoms with van der Waals surface area (Å²) in [5.74, 6) is -0.333. The van der Waals surface area contributed by atoms with Crippen LogP contribution in [0.25, 0.3) is 28.2 Å². The van der Waals surface area contributed by atoms with E-state index in [-0.39, 0.29) is 11.5 Å². The molecular formula is C36H40N6O4S. The summed E-state index contributed by atoms with van der Waals surface area (Å²) in [7, 11) is -1.21. The van der Waals surface area contributed by atoms with E-state index in [4.69, 9.17) is 0 Å². The Morgan fingerprint density at radius 2 is 1.64 bits per heavy atom. The largest absolute Gasteiger partial charge is 0.368 e. The second-order valence-corrected chi connectivity index (χ2v) is 14.8. The maximum atomic E-state index is 14.3. The van der Waals surface area contributed by atoms with Crippen molar-refractivity contribution in [2.75, 3.05) is 45.2 Å². The van der Waals surface area contributed by atoms with Crippen LogP contribution < -0.4 is 9.62 Å². The van der Waals surface area contributed by atoms with Gasteiger partial charge in [-0.2, -0.15) is 12.7 Å². The fourth-order valence-corrected chi connectivity index (χ4v) is 7.88. The van der Waals surface area contributed by atoms with Gasteiger partial charge in [0.2, 0.25) is 0 Å². The van der Waals surface area contributed by atoms with Crippen molar-refractivity contribution in [2.45, 2.75) is 44.6 Å². The van der Waals surface area contributed by atoms with E-state index in [0.717, 1.165) is 76.5 Å². The van der Waals surface area contributed by atoms with Gasteiger partial charge in [0.1, 0.15) is 0 Å². The number of piperazine rings is 1. The Morgan fingerprint density at radius 1 is 0.915 bits per heavy atom. The third kappa shape index (κ3) is 5.94. The summed E-state index contributed by atoms with van der Waals surface area (Å²) >= 11 is 0. The molecule has 0 bridgehead atoms. The van der Waals surface area contributed by atoms with Gasteiger partial charge in [0, 0.05) is 86.0 Å². The first-order chi connectivity index (χ1) is 22.7. The van der Waals surface area contributed by atoms with E-state index in [0.29, 0.717) is 31.1 Å². The van der Waals surface area contributed by atoms with E-state index in [1.807, 2.05) is 41.3 Å². The van der Waals surface area contributed by atoms with Crippen molar-refractivity contribution in [2.24, 2.45) is 0 Å². The highest BCUT2D eigenvalue weighted by molar-refractivity contribution is 7.87. The molecule has 1 saturated carbocycles. The van der Waals surface area contributed by atoms with Gasteiger partial charge in [-0.25, -0.2) is 4.72 Å². The number of nitrogens with zero attached hydrogens (tertiary/aromatic N) is 5. The zero-order chi connectivity index (χ0) is 32.7. The first-order valence-corrected chi connectivity index (χ1v) is 17.8. The Balaban J connectivity index is 1.30. The van der Waals surface area contributed by atoms with Crippen LogP contribution in [-0.2, 0) is 21.5 Å². The second-order valence-electron chi connectivity index (χ2n) is 12.9. The molecule has 11 heteroatoms. The Hall–Kier alpha value is -4.48. The molecule has 0 spiro atoms. The minimum atomic E-state index is -3.97. The highest BCUT2D eigenvalue weighted by atomic mass is 32.2. The molecule has 2 aromatic carbocycles. The highest BCUT2D eigenvalue weighted by Crippen LogP contribution is 2.46. The molecule has 4 heterocycles. The van der Waals surface area contributed by atoms with Crippen molar-refractivity contribution in [3.8, 4) is 11.3 Å². The third-order valence-corrected chi connectivity index (χ3v) is 11.2. The van der Waals surface area contributed by atoms with Gasteiger partial charge in [-0.05, 0) is 60.2 Å². The predicted molar refractivity (Wildman–Crippen MR) is 184 cm³/mol. The molecule has 1 saturated heterocycles. The van der Waals surface area contributed by atoms with Crippen LogP contribution in [0.3, 0.4) is 0 Å². The Bertz CT molecular complexity index is 1970. The van der Waals surface area contributed by atoms with Gasteiger partial charge in [0.25, 0.3) is 11.8 Å². The number of pyridine rings is 1. The van der Waals surface area contributed by atoms with Crippen LogP contribution in [0.4, 0.5) is 5.69 Å². The average Bonchev–Trinajstić information content (AvgIpc) is 3.30. The molecule has 4 aromatic rings. The van der Waals surface area contributed by atoms with Crippen LogP contribution >= 0.6 is 0 Å². The number of rotatable bonds is 6. The van der Waals surface area contributed by atoms with Crippen molar-refractivity contribution in [3.63, 3.8) is 0 Å². The summed E-state index contributed by atoms with van der Waals surface area (Å²) < 4.78 is 30.4. The van der Waals surface area contributed by atoms with Crippen LogP contribution in [0.1, 0.15) is 59.5 Å². The second kappa shape index (κ2) is 12.6. The van der Waals surface area contributed by atoms with Crippen LogP contribution in [-0.4, -0.2) is 79.3 Å². The van der Waals surface area contributed by atoms with E-state index in [1.54, 1.807) is 24.5 Å². The first-order valence-electron chi connectivity index (χ1n) is 16.4. The number of nitrogens with one attached hydrogen (secondary N) is 1. The Morgan fingerprint density at radius 3 is 2.36 bits per heavy atom. The lowest BCUT2D eigenvalue weighted by Crippen LogP contribution is -2.49. The molecule has 3 aliphatic rings. The summed E-state index contributed by atoms with van der Waals surface area (Å²) in [6, 6.07) is 17.7. The van der Waals surface area contributed by atoms with Gasteiger partial charge in [0.05, 0.1) is 12.2 Å². The molecule has 244 valence electrons. The summed E-state index contributed by atoms with van der Waals surface area (Å²) in [5, 5.41) is 1.05. The molecule has 0 unspecified atom stereocenters. The Labute approximate surface area is 275 Å². The number of benzene rings is 2. The molecule has 47 heavy (non-hydrogen) atoms. The van der Waals surface area contributed by atoms with Crippen molar-refractivity contribution in [3.05, 3.63) is 89.3 Å². The lowest BCUT2D eigenvalue weighted by Gasteiger charge is -2.36. The average molecular weight is 653 g/mol. The zero-order valence-electron chi connectivity index (χ0n) is 26.9. The van der Waals surface area contributed by atoms with E-state index in [1.165, 1.54) is 26.1 Å². The van der Waals surface area contributed by atoms with E-state index < -0.39 is 16.1 Å². The maximum Gasteiger partial charge on any atom is 0.303 e. The third-order valence-electron chi connectivity index (χ3n) is 9.83. The number of aromatic nitrogens is 2. The lowest BCUT2D eigenvalue weighted by molar-refractivity contribution is -0.127. The van der Waals surface area contributed by atoms with Crippen LogP contribution in [0.15, 0.2) is 72.6 Å². The molecule has 0 radical (unpaired) electrons. The van der Waals surface area contributed by atoms with Crippen molar-refractivity contribution >= 4 is 44.7 Å². The predicted octanol–water partition coefficient (Wildman–Crippen LogP) is 5.03. The molecule has 10 nitrogen and oxygen atoms in total. The molecule has 1 aliphatic carbocycles. The van der Waals surface area contributed by atoms with Crippen LogP contribution in [0.2, 0.25) is 0 Å². The molecular weight excluding hydrogens is 613 g/mol. The number of anilines is 1. The topological polar surface area (TPSA) is 108 Å². The van der Waals surface area contributed by atoms with Gasteiger partial charge < -0.3 is 14.4 Å². The van der Waals surface area contributed by atoms with Gasteiger partial charge in [0.15, 0.2) is 0 Å². The number of hydrogen-bond acceptors (Lipinski definition) is 6. The maximum absolute atomic E-state index is 14.3. The summed E-state index contributed by atoms with van der Waals surface area (Å²) in [6.45, 7) is 3.03. The van der Waals surface area contributed by atoms with E-state index in [9.17, 15) is 18.0 Å². The number of carbonyl (C=O) groups excluding carboxylic acids is 2. The fraction of sp³-hybridized carbons (Fsp3) is 0.361. The standard InChI is InChI=1S/C36H40N6O4S/c1-39(2)47(45,46)38-35(43)27-12-13-31-32(23-27)42-24-28(36(44)41-20-18-40(19-21-41)29-14-16-37-17-15-29)22-26-10-6-7-11-30(26)34(42)33(31)25-8-4-3-5-9-25/h6-7,10-17,22-23,25H,3-5,8-9,18-21,24H2,1-2H3,(H,38,43). The van der Waals surface area contributed by atoms with Crippen LogP contribution in [0.5, 0.6) is 0 Å². The highest BCUT2D eigenvalue weighted by Gasteiger charge is 2.32. The summed E-state index contributed by atoms with van der Waals surface area (Å²) in [4.78, 5) is 35.9. The summed E-state index contributed by atoms with van der Waals surface area (Å²) in [6.07, 6.45) is 11.3. The zero-order valence-corrected chi connectivity index (χ0v) is 27.7. The number of hydrogen-bond donors (Lipinski definition) is 1. The number of amides is 2. The minimum Gasteiger partial charge on any atom is -0.368 e. The van der Waals surface area contributed by atoms with Crippen molar-refractivity contribution in [1.29, 1.82) is 0 Å². The van der Waals surface area contributed by atoms with Crippen LogP contribution in [0, 0.1) is 0 Å². The molecule has 2 amide bonds. The van der Waals surface area contributed by atoms with Crippen molar-refractivity contribution < 1.29 is 18.0 Å². The monoisotopic (exact) mass is 652 g/mol. The fourth-order valence-electron chi connectivity index (χ4n) is 7.34. The summed E-state index contributed by atoms with van der Waals surface area (Å²) in [5.41, 5.74) is 7.28. The molecule has 2 aliphatic heterocycles. The van der Waals surface area contributed by atoms with Gasteiger partial charge >= 0.3 is 10.2 Å². The Kier molecular flexibility index (Phi) is 8.36.